The third kappa shape index (κ3) is 3.13. The lowest BCUT2D eigenvalue weighted by molar-refractivity contribution is -0.147. The standard InChI is InChI=1S/C11H18N2O3S/c14-10(3-6-12-4-1-2-5-12)13-8-17-7-9(13)11(15)16/h9H,1-8H2,(H,15,16). The first-order valence-electron chi connectivity index (χ1n) is 6.01. The van der Waals surface area contributed by atoms with Gasteiger partial charge in [0.1, 0.15) is 6.04 Å². The number of hydrogen-bond acceptors (Lipinski definition) is 4. The quantitative estimate of drug-likeness (QED) is 0.793. The van der Waals surface area contributed by atoms with E-state index in [1.165, 1.54) is 29.5 Å². The van der Waals surface area contributed by atoms with E-state index in [2.05, 4.69) is 4.90 Å². The molecule has 0 saturated carbocycles. The predicted molar refractivity (Wildman–Crippen MR) is 65.9 cm³/mol. The summed E-state index contributed by atoms with van der Waals surface area (Å²) < 4.78 is 0. The first kappa shape index (κ1) is 12.7. The first-order valence-corrected chi connectivity index (χ1v) is 7.16. The average Bonchev–Trinajstić information content (AvgIpc) is 2.96. The SMILES string of the molecule is O=C(O)C1CSCN1C(=O)CCN1CCCC1. The van der Waals surface area contributed by atoms with Gasteiger partial charge in [0.05, 0.1) is 5.88 Å². The third-order valence-corrected chi connectivity index (χ3v) is 4.34. The van der Waals surface area contributed by atoms with Crippen molar-refractivity contribution in [1.82, 2.24) is 9.80 Å². The topological polar surface area (TPSA) is 60.9 Å². The van der Waals surface area contributed by atoms with Crippen molar-refractivity contribution in [3.05, 3.63) is 0 Å². The number of likely N-dealkylation sites (tertiary alicyclic amines) is 1. The van der Waals surface area contributed by atoms with Gasteiger partial charge in [0.15, 0.2) is 0 Å². The normalized spacial score (nSPS) is 25.4. The van der Waals surface area contributed by atoms with E-state index in [1.54, 1.807) is 0 Å². The zero-order valence-corrected chi connectivity index (χ0v) is 10.6. The molecule has 1 atom stereocenters. The monoisotopic (exact) mass is 258 g/mol. The number of carbonyl (C=O) groups is 2. The van der Waals surface area contributed by atoms with Gasteiger partial charge in [0, 0.05) is 18.7 Å². The van der Waals surface area contributed by atoms with E-state index in [0.29, 0.717) is 18.1 Å². The fraction of sp³-hybridized carbons (Fsp3) is 0.818. The van der Waals surface area contributed by atoms with E-state index in [9.17, 15) is 9.59 Å². The molecule has 1 amide bonds. The van der Waals surface area contributed by atoms with Crippen LogP contribution in [0.4, 0.5) is 0 Å². The molecule has 17 heavy (non-hydrogen) atoms. The van der Waals surface area contributed by atoms with Crippen molar-refractivity contribution < 1.29 is 14.7 Å². The second-order valence-corrected chi connectivity index (χ2v) is 5.52. The van der Waals surface area contributed by atoms with E-state index < -0.39 is 12.0 Å². The molecule has 0 spiro atoms. The molecular formula is C11H18N2O3S. The molecule has 1 N–H and O–H groups in total. The summed E-state index contributed by atoms with van der Waals surface area (Å²) in [6.45, 7) is 2.92. The number of carbonyl (C=O) groups excluding carboxylic acids is 1. The van der Waals surface area contributed by atoms with Crippen molar-refractivity contribution >= 4 is 23.6 Å². The Hall–Kier alpha value is -0.750. The molecule has 1 unspecified atom stereocenters. The molecule has 0 aromatic carbocycles. The summed E-state index contributed by atoms with van der Waals surface area (Å²) >= 11 is 1.52. The van der Waals surface area contributed by atoms with Gasteiger partial charge >= 0.3 is 5.97 Å². The lowest BCUT2D eigenvalue weighted by Crippen LogP contribution is -2.42. The number of aliphatic carboxylic acids is 1. The smallest absolute Gasteiger partial charge is 0.327 e. The highest BCUT2D eigenvalue weighted by Gasteiger charge is 2.34. The second-order valence-electron chi connectivity index (χ2n) is 4.52. The molecule has 0 bridgehead atoms. The summed E-state index contributed by atoms with van der Waals surface area (Å²) in [6, 6.07) is -0.619. The number of amides is 1. The van der Waals surface area contributed by atoms with Gasteiger partial charge in [0.2, 0.25) is 5.91 Å². The average molecular weight is 258 g/mol. The van der Waals surface area contributed by atoms with Crippen LogP contribution in [0.25, 0.3) is 0 Å². The molecule has 6 heteroatoms. The van der Waals surface area contributed by atoms with Crippen LogP contribution < -0.4 is 0 Å². The Labute approximate surface area is 105 Å². The van der Waals surface area contributed by atoms with Crippen molar-refractivity contribution in [2.24, 2.45) is 0 Å². The molecule has 0 aromatic heterocycles. The molecule has 2 aliphatic rings. The number of thioether (sulfide) groups is 1. The molecule has 2 rings (SSSR count). The lowest BCUT2D eigenvalue weighted by Gasteiger charge is -2.22. The predicted octanol–water partition coefficient (Wildman–Crippen LogP) is 0.458. The van der Waals surface area contributed by atoms with Crippen LogP contribution in [-0.4, -0.2) is 64.1 Å². The molecule has 2 aliphatic heterocycles. The fourth-order valence-electron chi connectivity index (χ4n) is 2.30. The molecule has 2 heterocycles. The molecule has 96 valence electrons. The lowest BCUT2D eigenvalue weighted by atomic mass is 10.2. The van der Waals surface area contributed by atoms with Crippen LogP contribution in [0.5, 0.6) is 0 Å². The van der Waals surface area contributed by atoms with E-state index in [-0.39, 0.29) is 5.91 Å². The molecule has 0 aromatic rings. The van der Waals surface area contributed by atoms with Gasteiger partial charge in [-0.1, -0.05) is 0 Å². The molecule has 2 saturated heterocycles. The van der Waals surface area contributed by atoms with Crippen LogP contribution in [0.3, 0.4) is 0 Å². The number of nitrogens with zero attached hydrogens (tertiary/aromatic N) is 2. The highest BCUT2D eigenvalue weighted by atomic mass is 32.2. The Kier molecular flexibility index (Phi) is 4.28. The van der Waals surface area contributed by atoms with Gasteiger partial charge in [-0.05, 0) is 25.9 Å². The summed E-state index contributed by atoms with van der Waals surface area (Å²) in [5, 5.41) is 8.99. The summed E-state index contributed by atoms with van der Waals surface area (Å²) in [6.07, 6.45) is 2.88. The number of carboxylic acid groups (broad SMARTS) is 1. The van der Waals surface area contributed by atoms with Gasteiger partial charge in [-0.3, -0.25) is 4.79 Å². The molecule has 5 nitrogen and oxygen atoms in total. The second kappa shape index (κ2) is 5.73. The fourth-order valence-corrected chi connectivity index (χ4v) is 3.47. The minimum Gasteiger partial charge on any atom is -0.480 e. The van der Waals surface area contributed by atoms with Crippen LogP contribution in [0.1, 0.15) is 19.3 Å². The maximum Gasteiger partial charge on any atom is 0.327 e. The summed E-state index contributed by atoms with van der Waals surface area (Å²) in [5.41, 5.74) is 0. The van der Waals surface area contributed by atoms with Crippen LogP contribution in [0.2, 0.25) is 0 Å². The van der Waals surface area contributed by atoms with Crippen molar-refractivity contribution in [3.63, 3.8) is 0 Å². The van der Waals surface area contributed by atoms with Crippen molar-refractivity contribution in [2.75, 3.05) is 31.3 Å². The summed E-state index contributed by atoms with van der Waals surface area (Å²) in [7, 11) is 0. The Balaban J connectivity index is 1.80. The van der Waals surface area contributed by atoms with Crippen LogP contribution in [-0.2, 0) is 9.59 Å². The maximum atomic E-state index is 11.9. The molecule has 0 radical (unpaired) electrons. The van der Waals surface area contributed by atoms with Crippen LogP contribution >= 0.6 is 11.8 Å². The van der Waals surface area contributed by atoms with Crippen LogP contribution in [0.15, 0.2) is 0 Å². The van der Waals surface area contributed by atoms with E-state index in [4.69, 9.17) is 5.11 Å². The van der Waals surface area contributed by atoms with Crippen molar-refractivity contribution in [1.29, 1.82) is 0 Å². The van der Waals surface area contributed by atoms with Gasteiger partial charge in [-0.15, -0.1) is 11.8 Å². The van der Waals surface area contributed by atoms with E-state index >= 15 is 0 Å². The molecular weight excluding hydrogens is 240 g/mol. The third-order valence-electron chi connectivity index (χ3n) is 3.33. The highest BCUT2D eigenvalue weighted by Crippen LogP contribution is 2.22. The summed E-state index contributed by atoms with van der Waals surface area (Å²) in [5.74, 6) is 0.138. The Morgan fingerprint density at radius 2 is 2.00 bits per heavy atom. The number of carboxylic acids is 1. The highest BCUT2D eigenvalue weighted by molar-refractivity contribution is 7.99. The van der Waals surface area contributed by atoms with Crippen molar-refractivity contribution in [3.8, 4) is 0 Å². The first-order chi connectivity index (χ1) is 8.18. The summed E-state index contributed by atoms with van der Waals surface area (Å²) in [4.78, 5) is 26.7. The maximum absolute atomic E-state index is 11.9. The number of hydrogen-bond donors (Lipinski definition) is 1. The van der Waals surface area contributed by atoms with Gasteiger partial charge in [0.25, 0.3) is 0 Å². The van der Waals surface area contributed by atoms with Gasteiger partial charge in [-0.2, -0.15) is 0 Å². The zero-order valence-electron chi connectivity index (χ0n) is 9.80. The minimum absolute atomic E-state index is 0.0192. The molecule has 2 fully saturated rings. The molecule has 0 aliphatic carbocycles. The Morgan fingerprint density at radius 1 is 1.29 bits per heavy atom. The van der Waals surface area contributed by atoms with E-state index in [0.717, 1.165) is 19.6 Å². The zero-order chi connectivity index (χ0) is 12.3. The number of rotatable bonds is 4. The largest absolute Gasteiger partial charge is 0.480 e. The van der Waals surface area contributed by atoms with Crippen molar-refractivity contribution in [2.45, 2.75) is 25.3 Å². The van der Waals surface area contributed by atoms with E-state index in [1.807, 2.05) is 0 Å². The Bertz CT molecular complexity index is 305. The Morgan fingerprint density at radius 3 is 2.65 bits per heavy atom. The van der Waals surface area contributed by atoms with Crippen LogP contribution in [0, 0.1) is 0 Å². The minimum atomic E-state index is -0.885. The van der Waals surface area contributed by atoms with Gasteiger partial charge in [-0.25, -0.2) is 4.79 Å². The van der Waals surface area contributed by atoms with Gasteiger partial charge < -0.3 is 14.9 Å².